The predicted octanol–water partition coefficient (Wildman–Crippen LogP) is 6.07. The number of carbonyl (C=O) groups is 1. The summed E-state index contributed by atoms with van der Waals surface area (Å²) in [7, 11) is 1.52. The Hall–Kier alpha value is -5.17. The van der Waals surface area contributed by atoms with E-state index in [1.165, 1.54) is 7.11 Å². The average molecular weight is 686 g/mol. The van der Waals surface area contributed by atoms with Crippen molar-refractivity contribution in [3.8, 4) is 22.8 Å². The molecule has 0 unspecified atom stereocenters. The Morgan fingerprint density at radius 2 is 1.76 bits per heavy atom. The molecule has 5 aromatic rings. The van der Waals surface area contributed by atoms with E-state index in [0.717, 1.165) is 79.8 Å². The SMILES string of the molecule is COc1ccc(COc2c(F)cc(C(=O)NCC3CCC(n4cc5ccc(-c6cncc(N7CCNCC7)n6)cc5n4)CC3)c(F)c2F)cc1. The number of rotatable bonds is 10. The van der Waals surface area contributed by atoms with Gasteiger partial charge in [-0.15, -0.1) is 0 Å². The first-order chi connectivity index (χ1) is 24.4. The molecule has 2 N–H and O–H groups in total. The van der Waals surface area contributed by atoms with Gasteiger partial charge >= 0.3 is 0 Å². The van der Waals surface area contributed by atoms with Crippen LogP contribution in [-0.4, -0.2) is 65.5 Å². The van der Waals surface area contributed by atoms with E-state index in [2.05, 4.69) is 32.8 Å². The van der Waals surface area contributed by atoms with Crippen molar-refractivity contribution in [2.75, 3.05) is 44.7 Å². The molecule has 1 saturated carbocycles. The lowest BCUT2D eigenvalue weighted by Gasteiger charge is -2.28. The largest absolute Gasteiger partial charge is 0.497 e. The van der Waals surface area contributed by atoms with Gasteiger partial charge in [-0.3, -0.25) is 14.5 Å². The molecular formula is C37H38F3N7O3. The van der Waals surface area contributed by atoms with Gasteiger partial charge in [0.15, 0.2) is 17.4 Å². The van der Waals surface area contributed by atoms with E-state index in [0.29, 0.717) is 17.4 Å². The molecule has 1 saturated heterocycles. The molecule has 10 nitrogen and oxygen atoms in total. The highest BCUT2D eigenvalue weighted by Gasteiger charge is 2.27. The first kappa shape index (κ1) is 33.3. The maximum absolute atomic E-state index is 14.9. The lowest BCUT2D eigenvalue weighted by atomic mass is 9.86. The smallest absolute Gasteiger partial charge is 0.254 e. The Kier molecular flexibility index (Phi) is 9.83. The van der Waals surface area contributed by atoms with Crippen LogP contribution in [-0.2, 0) is 6.61 Å². The fourth-order valence-corrected chi connectivity index (χ4v) is 6.62. The second-order valence-corrected chi connectivity index (χ2v) is 12.8. The Morgan fingerprint density at radius 3 is 2.52 bits per heavy atom. The van der Waals surface area contributed by atoms with Crippen molar-refractivity contribution in [3.05, 3.63) is 95.7 Å². The lowest BCUT2D eigenvalue weighted by Crippen LogP contribution is -2.43. The summed E-state index contributed by atoms with van der Waals surface area (Å²) in [4.78, 5) is 24.4. The second kappa shape index (κ2) is 14.8. The number of carbonyl (C=O) groups excluding carboxylic acids is 1. The van der Waals surface area contributed by atoms with Gasteiger partial charge in [0.2, 0.25) is 5.82 Å². The Balaban J connectivity index is 0.931. The number of fused-ring (bicyclic) bond motifs is 1. The Morgan fingerprint density at radius 1 is 0.980 bits per heavy atom. The van der Waals surface area contributed by atoms with Crippen molar-refractivity contribution in [2.24, 2.45) is 5.92 Å². The summed E-state index contributed by atoms with van der Waals surface area (Å²) in [6.45, 7) is 3.71. The molecule has 260 valence electrons. The molecule has 7 rings (SSSR count). The van der Waals surface area contributed by atoms with Crippen LogP contribution < -0.4 is 25.0 Å². The van der Waals surface area contributed by atoms with Crippen molar-refractivity contribution in [1.29, 1.82) is 0 Å². The number of anilines is 1. The highest BCUT2D eigenvalue weighted by Crippen LogP contribution is 2.34. The minimum Gasteiger partial charge on any atom is -0.497 e. The summed E-state index contributed by atoms with van der Waals surface area (Å²) in [5, 5.41) is 12.0. The van der Waals surface area contributed by atoms with Crippen molar-refractivity contribution in [1.82, 2.24) is 30.4 Å². The van der Waals surface area contributed by atoms with Gasteiger partial charge in [-0.1, -0.05) is 24.3 Å². The first-order valence-electron chi connectivity index (χ1n) is 16.8. The molecule has 50 heavy (non-hydrogen) atoms. The molecule has 2 aliphatic rings. The van der Waals surface area contributed by atoms with Crippen molar-refractivity contribution in [3.63, 3.8) is 0 Å². The predicted molar refractivity (Wildman–Crippen MR) is 183 cm³/mol. The number of aromatic nitrogens is 4. The second-order valence-electron chi connectivity index (χ2n) is 12.8. The summed E-state index contributed by atoms with van der Waals surface area (Å²) in [6.07, 6.45) is 8.95. The monoisotopic (exact) mass is 685 g/mol. The van der Waals surface area contributed by atoms with Crippen LogP contribution in [0.4, 0.5) is 19.0 Å². The molecule has 13 heteroatoms. The van der Waals surface area contributed by atoms with E-state index in [1.54, 1.807) is 36.7 Å². The number of benzene rings is 3. The zero-order chi connectivity index (χ0) is 34.6. The number of amides is 1. The summed E-state index contributed by atoms with van der Waals surface area (Å²) in [5.41, 5.74) is 2.55. The molecule has 0 radical (unpaired) electrons. The molecule has 1 amide bonds. The number of methoxy groups -OCH3 is 1. The molecule has 1 aliphatic heterocycles. The van der Waals surface area contributed by atoms with Gasteiger partial charge < -0.3 is 25.0 Å². The molecule has 0 bridgehead atoms. The normalized spacial score (nSPS) is 17.9. The van der Waals surface area contributed by atoms with E-state index in [1.807, 2.05) is 16.8 Å². The molecule has 0 atom stereocenters. The summed E-state index contributed by atoms with van der Waals surface area (Å²) in [6, 6.07) is 13.7. The topological polar surface area (TPSA) is 106 Å². The quantitative estimate of drug-likeness (QED) is 0.171. The van der Waals surface area contributed by atoms with Crippen LogP contribution in [0.2, 0.25) is 0 Å². The van der Waals surface area contributed by atoms with Crippen molar-refractivity contribution >= 4 is 22.6 Å². The van der Waals surface area contributed by atoms with Gasteiger partial charge in [0.1, 0.15) is 18.2 Å². The van der Waals surface area contributed by atoms with Gasteiger partial charge in [-0.25, -0.2) is 13.8 Å². The number of ether oxygens (including phenoxy) is 2. The fourth-order valence-electron chi connectivity index (χ4n) is 6.62. The van der Waals surface area contributed by atoms with Crippen LogP contribution in [0, 0.1) is 23.4 Å². The van der Waals surface area contributed by atoms with Crippen LogP contribution in [0.25, 0.3) is 22.2 Å². The van der Waals surface area contributed by atoms with Crippen LogP contribution in [0.15, 0.2) is 67.1 Å². The Labute approximate surface area is 287 Å². The third-order valence-corrected chi connectivity index (χ3v) is 9.53. The number of piperazine rings is 1. The van der Waals surface area contributed by atoms with Gasteiger partial charge in [0.25, 0.3) is 5.91 Å². The summed E-state index contributed by atoms with van der Waals surface area (Å²) >= 11 is 0. The van der Waals surface area contributed by atoms with Gasteiger partial charge in [-0.2, -0.15) is 9.49 Å². The molecular weight excluding hydrogens is 647 g/mol. The fraction of sp³-hybridized carbons (Fsp3) is 0.351. The number of halogens is 3. The zero-order valence-electron chi connectivity index (χ0n) is 27.7. The molecule has 1 aliphatic carbocycles. The third kappa shape index (κ3) is 7.23. The van der Waals surface area contributed by atoms with Crippen LogP contribution in [0.1, 0.15) is 47.6 Å². The van der Waals surface area contributed by atoms with Crippen LogP contribution in [0.5, 0.6) is 11.5 Å². The first-order valence-corrected chi connectivity index (χ1v) is 16.8. The highest BCUT2D eigenvalue weighted by molar-refractivity contribution is 5.94. The van der Waals surface area contributed by atoms with E-state index < -0.39 is 34.7 Å². The maximum atomic E-state index is 14.9. The Bertz CT molecular complexity index is 1970. The molecule has 2 aromatic heterocycles. The van der Waals surface area contributed by atoms with Crippen LogP contribution in [0.3, 0.4) is 0 Å². The minimum absolute atomic E-state index is 0.137. The van der Waals surface area contributed by atoms with Crippen LogP contribution >= 0.6 is 0 Å². The summed E-state index contributed by atoms with van der Waals surface area (Å²) < 4.78 is 56.9. The number of hydrogen-bond acceptors (Lipinski definition) is 8. The maximum Gasteiger partial charge on any atom is 0.254 e. The number of nitrogens with one attached hydrogen (secondary N) is 2. The van der Waals surface area contributed by atoms with E-state index >= 15 is 0 Å². The third-order valence-electron chi connectivity index (χ3n) is 9.53. The van der Waals surface area contributed by atoms with E-state index in [4.69, 9.17) is 19.6 Å². The summed E-state index contributed by atoms with van der Waals surface area (Å²) in [5.74, 6) is -4.27. The van der Waals surface area contributed by atoms with Gasteiger partial charge in [-0.05, 0) is 61.4 Å². The molecule has 3 aromatic carbocycles. The minimum atomic E-state index is -1.54. The number of nitrogens with zero attached hydrogens (tertiary/aromatic N) is 5. The standard InChI is InChI=1S/C37H38F3N7O3/c1-49-28-10-4-24(5-11-28)22-50-36-30(38)17-29(34(39)35(36)40)37(48)43-18-23-2-8-27(9-3-23)47-21-26-7-6-25(16-31(26)45-47)32-19-42-20-33(44-32)46-14-12-41-13-15-46/h4-7,10-11,16-17,19-21,23,27,41H,2-3,8-9,12-15,18,22H2,1H3,(H,43,48). The van der Waals surface area contributed by atoms with E-state index in [9.17, 15) is 18.0 Å². The molecule has 3 heterocycles. The highest BCUT2D eigenvalue weighted by atomic mass is 19.2. The average Bonchev–Trinajstić information content (AvgIpc) is 3.60. The van der Waals surface area contributed by atoms with E-state index in [-0.39, 0.29) is 25.1 Å². The molecule has 2 fully saturated rings. The lowest BCUT2D eigenvalue weighted by molar-refractivity contribution is 0.0935. The van der Waals surface area contributed by atoms with Crippen molar-refractivity contribution < 1.29 is 27.4 Å². The zero-order valence-corrected chi connectivity index (χ0v) is 27.7. The van der Waals surface area contributed by atoms with Gasteiger partial charge in [0, 0.05) is 49.9 Å². The molecule has 0 spiro atoms. The number of hydrogen-bond donors (Lipinski definition) is 2. The van der Waals surface area contributed by atoms with Crippen molar-refractivity contribution in [2.45, 2.75) is 38.3 Å². The van der Waals surface area contributed by atoms with Gasteiger partial charge in [0.05, 0.1) is 42.3 Å².